The first kappa shape index (κ1) is 39.4. The molecule has 0 spiro atoms. The van der Waals surface area contributed by atoms with Crippen LogP contribution >= 0.6 is 0 Å². The Labute approximate surface area is 340 Å². The van der Waals surface area contributed by atoms with Crippen LogP contribution in [0.3, 0.4) is 0 Å². The summed E-state index contributed by atoms with van der Waals surface area (Å²) < 4.78 is 28.8. The number of fused-ring (bicyclic) bond motifs is 2. The van der Waals surface area contributed by atoms with Crippen molar-refractivity contribution in [2.24, 2.45) is 11.3 Å². The smallest absolute Gasteiger partial charge is 0.256 e. The van der Waals surface area contributed by atoms with Crippen molar-refractivity contribution in [3.05, 3.63) is 144 Å². The molecule has 6 aromatic rings. The number of hydrogen-bond acceptors (Lipinski definition) is 9. The highest BCUT2D eigenvalue weighted by Crippen LogP contribution is 2.70. The molecule has 1 amide bonds. The largest absolute Gasteiger partial charge is 0.497 e. The number of aliphatic hydroxyl groups excluding tert-OH is 1. The zero-order valence-corrected chi connectivity index (χ0v) is 35.0. The fourth-order valence-electron chi connectivity index (χ4n) is 8.48. The van der Waals surface area contributed by atoms with Crippen LogP contribution in [0.5, 0.6) is 11.5 Å². The monoisotopic (exact) mass is 797 g/mol. The third-order valence-corrected chi connectivity index (χ3v) is 17.2. The van der Waals surface area contributed by atoms with Crippen LogP contribution in [0, 0.1) is 11.3 Å². The fourth-order valence-corrected chi connectivity index (χ4v) is 9.78. The van der Waals surface area contributed by atoms with Crippen molar-refractivity contribution in [2.45, 2.75) is 69.2 Å². The van der Waals surface area contributed by atoms with Crippen LogP contribution in [0.15, 0.2) is 122 Å². The van der Waals surface area contributed by atoms with E-state index >= 15 is 0 Å². The highest BCUT2D eigenvalue weighted by Gasteiger charge is 2.74. The lowest BCUT2D eigenvalue weighted by Gasteiger charge is -2.46. The Morgan fingerprint density at radius 1 is 0.828 bits per heavy atom. The van der Waals surface area contributed by atoms with Gasteiger partial charge in [0, 0.05) is 11.0 Å². The van der Waals surface area contributed by atoms with Gasteiger partial charge in [-0.3, -0.25) is 4.79 Å². The molecule has 2 N–H and O–H groups in total. The summed E-state index contributed by atoms with van der Waals surface area (Å²) in [5.74, 6) is 1.44. The second-order valence-electron chi connectivity index (χ2n) is 16.9. The van der Waals surface area contributed by atoms with E-state index in [1.165, 1.54) is 6.33 Å². The summed E-state index contributed by atoms with van der Waals surface area (Å²) in [6.07, 6.45) is 2.80. The SMILES string of the molecule is COc1ccc(C(O[C@H]2[C@@H](O[Si](C)(C)C(C)(C)C)[C@H](n3cnc4c(NC(=O)c5ccccc5)ncnc43)[C@H]3C[C@@]32CO)(c2ccccc2)c2ccc(OC)cc2)cc1. The third-order valence-electron chi connectivity index (χ3n) is 12.7. The van der Waals surface area contributed by atoms with E-state index < -0.39 is 31.5 Å². The highest BCUT2D eigenvalue weighted by atomic mass is 28.4. The Hall–Kier alpha value is -5.40. The van der Waals surface area contributed by atoms with E-state index in [9.17, 15) is 9.90 Å². The lowest BCUT2D eigenvalue weighted by molar-refractivity contribution is -0.128. The molecule has 0 saturated heterocycles. The molecule has 12 heteroatoms. The van der Waals surface area contributed by atoms with Gasteiger partial charge in [0.25, 0.3) is 5.91 Å². The number of aliphatic hydroxyl groups is 1. The van der Waals surface area contributed by atoms with Crippen LogP contribution in [0.4, 0.5) is 5.82 Å². The van der Waals surface area contributed by atoms with Gasteiger partial charge < -0.3 is 33.6 Å². The molecular formula is C46H51N5O6Si. The number of rotatable bonds is 13. The van der Waals surface area contributed by atoms with E-state index in [1.807, 2.05) is 84.9 Å². The normalized spacial score (nSPS) is 21.7. The standard InChI is InChI=1S/C46H51N5O6Si/c1-44(2,3)58(6,7)57-39-38(51-29-49-37-41(47-28-48-42(37)51)50-43(53)30-14-10-8-11-15-30)36-26-45(36,27-52)40(39)56-46(31-16-12-9-13-17-31,32-18-22-34(54-4)23-19-32)33-20-24-35(55-5)25-21-33/h8-25,28-29,36,38-40,52H,26-27H2,1-7H3,(H,47,48,50,53)/t36-,38-,39+,40+,45-/m1/s1. The predicted octanol–water partition coefficient (Wildman–Crippen LogP) is 8.42. The average molecular weight is 798 g/mol. The lowest BCUT2D eigenvalue weighted by atomic mass is 9.79. The van der Waals surface area contributed by atoms with Crippen molar-refractivity contribution in [2.75, 3.05) is 26.1 Å². The maximum Gasteiger partial charge on any atom is 0.256 e. The van der Waals surface area contributed by atoms with Crippen molar-refractivity contribution >= 4 is 31.2 Å². The minimum atomic E-state index is -2.51. The molecule has 0 radical (unpaired) electrons. The topological polar surface area (TPSA) is 130 Å². The van der Waals surface area contributed by atoms with Gasteiger partial charge in [0.15, 0.2) is 25.3 Å². The number of methoxy groups -OCH3 is 2. The van der Waals surface area contributed by atoms with Crippen LogP contribution in [0.25, 0.3) is 11.2 Å². The van der Waals surface area contributed by atoms with Gasteiger partial charge in [-0.05, 0) is 83.6 Å². The van der Waals surface area contributed by atoms with Gasteiger partial charge in [-0.2, -0.15) is 0 Å². The lowest BCUT2D eigenvalue weighted by Crippen LogP contribution is -2.52. The Morgan fingerprint density at radius 3 is 1.95 bits per heavy atom. The quantitative estimate of drug-likeness (QED) is 0.0874. The molecule has 0 bridgehead atoms. The molecule has 2 saturated carbocycles. The molecule has 0 aliphatic heterocycles. The highest BCUT2D eigenvalue weighted by molar-refractivity contribution is 6.74. The number of nitrogens with one attached hydrogen (secondary N) is 1. The fraction of sp³-hybridized carbons (Fsp3) is 0.348. The number of ether oxygens (including phenoxy) is 3. The van der Waals surface area contributed by atoms with Gasteiger partial charge in [-0.25, -0.2) is 15.0 Å². The first-order valence-electron chi connectivity index (χ1n) is 19.7. The van der Waals surface area contributed by atoms with Gasteiger partial charge in [-0.1, -0.05) is 93.6 Å². The third kappa shape index (κ3) is 6.67. The minimum Gasteiger partial charge on any atom is -0.497 e. The molecule has 4 aromatic carbocycles. The summed E-state index contributed by atoms with van der Waals surface area (Å²) in [6.45, 7) is 11.1. The van der Waals surface area contributed by atoms with Crippen LogP contribution in [0.1, 0.15) is 60.3 Å². The first-order chi connectivity index (χ1) is 27.9. The maximum absolute atomic E-state index is 13.3. The zero-order chi connectivity index (χ0) is 40.9. The number of hydrogen-bond donors (Lipinski definition) is 2. The molecule has 58 heavy (non-hydrogen) atoms. The van der Waals surface area contributed by atoms with E-state index in [4.69, 9.17) is 28.6 Å². The minimum absolute atomic E-state index is 0.0350. The molecule has 5 atom stereocenters. The van der Waals surface area contributed by atoms with Crippen LogP contribution < -0.4 is 14.8 Å². The van der Waals surface area contributed by atoms with E-state index in [0.717, 1.165) is 28.2 Å². The summed E-state index contributed by atoms with van der Waals surface area (Å²) in [5.41, 5.74) is 2.44. The number of benzene rings is 4. The molecule has 300 valence electrons. The van der Waals surface area contributed by atoms with E-state index in [1.54, 1.807) is 32.7 Å². The molecule has 2 fully saturated rings. The second kappa shape index (κ2) is 15.1. The van der Waals surface area contributed by atoms with E-state index in [-0.39, 0.29) is 29.5 Å². The van der Waals surface area contributed by atoms with Crippen molar-refractivity contribution < 1.29 is 28.5 Å². The Morgan fingerprint density at radius 2 is 1.40 bits per heavy atom. The molecule has 11 nitrogen and oxygen atoms in total. The second-order valence-corrected chi connectivity index (χ2v) is 21.7. The molecular weight excluding hydrogens is 747 g/mol. The average Bonchev–Trinajstić information content (AvgIpc) is 3.72. The summed E-state index contributed by atoms with van der Waals surface area (Å²) in [5, 5.41) is 14.4. The van der Waals surface area contributed by atoms with Crippen molar-refractivity contribution in [1.29, 1.82) is 0 Å². The number of imidazole rings is 1. The van der Waals surface area contributed by atoms with Crippen LogP contribution in [-0.2, 0) is 14.8 Å². The first-order valence-corrected chi connectivity index (χ1v) is 22.6. The van der Waals surface area contributed by atoms with Gasteiger partial charge in [0.05, 0.1) is 45.4 Å². The number of carbonyl (C=O) groups is 1. The number of aromatic nitrogens is 4. The summed E-state index contributed by atoms with van der Waals surface area (Å²) in [7, 11) is 0.799. The van der Waals surface area contributed by atoms with Gasteiger partial charge >= 0.3 is 0 Å². The van der Waals surface area contributed by atoms with Gasteiger partial charge in [-0.15, -0.1) is 0 Å². The van der Waals surface area contributed by atoms with Crippen molar-refractivity contribution in [3.8, 4) is 11.5 Å². The Balaban J connectivity index is 1.30. The number of amides is 1. The number of nitrogens with zero attached hydrogens (tertiary/aromatic N) is 4. The van der Waals surface area contributed by atoms with Gasteiger partial charge in [0.1, 0.15) is 23.4 Å². The molecule has 2 heterocycles. The molecule has 2 aliphatic rings. The summed E-state index contributed by atoms with van der Waals surface area (Å²) in [4.78, 5) is 27.3. The molecule has 2 aliphatic carbocycles. The maximum atomic E-state index is 13.3. The van der Waals surface area contributed by atoms with Gasteiger partial charge in [0.2, 0.25) is 0 Å². The zero-order valence-electron chi connectivity index (χ0n) is 34.0. The number of anilines is 1. The van der Waals surface area contributed by atoms with Crippen LogP contribution in [-0.4, -0.2) is 71.9 Å². The summed E-state index contributed by atoms with van der Waals surface area (Å²) >= 11 is 0. The predicted molar refractivity (Wildman–Crippen MR) is 226 cm³/mol. The number of carbonyl (C=O) groups excluding carboxylic acids is 1. The van der Waals surface area contributed by atoms with E-state index in [2.05, 4.69) is 60.9 Å². The molecule has 8 rings (SSSR count). The Kier molecular flexibility index (Phi) is 10.2. The molecule has 0 unspecified atom stereocenters. The van der Waals surface area contributed by atoms with Crippen LogP contribution in [0.2, 0.25) is 18.1 Å². The molecule has 2 aromatic heterocycles. The van der Waals surface area contributed by atoms with E-state index in [0.29, 0.717) is 29.0 Å². The van der Waals surface area contributed by atoms with Crippen molar-refractivity contribution in [3.63, 3.8) is 0 Å². The van der Waals surface area contributed by atoms with Crippen molar-refractivity contribution in [1.82, 2.24) is 19.5 Å². The Bertz CT molecular complexity index is 2340. The summed E-state index contributed by atoms with van der Waals surface area (Å²) in [6, 6.07) is 34.9.